The fourth-order valence-electron chi connectivity index (χ4n) is 4.77. The van der Waals surface area contributed by atoms with E-state index in [0.29, 0.717) is 42.9 Å². The van der Waals surface area contributed by atoms with E-state index in [9.17, 15) is 18.8 Å². The molecule has 1 aromatic carbocycles. The number of aromatic amines is 1. The number of rotatable bonds is 4. The Hall–Kier alpha value is -3.07. The molecule has 0 bridgehead atoms. The molecule has 2 amide bonds. The van der Waals surface area contributed by atoms with Crippen molar-refractivity contribution in [2.45, 2.75) is 58.6 Å². The average Bonchev–Trinajstić information content (AvgIpc) is 2.79. The molecule has 1 atom stereocenters. The number of carbonyl (C=O) groups is 2. The number of hydrogen-bond acceptors (Lipinski definition) is 5. The van der Waals surface area contributed by atoms with Crippen molar-refractivity contribution in [3.8, 4) is 0 Å². The Morgan fingerprint density at radius 1 is 1.24 bits per heavy atom. The van der Waals surface area contributed by atoms with Gasteiger partial charge in [0.1, 0.15) is 12.4 Å². The van der Waals surface area contributed by atoms with Gasteiger partial charge in [-0.05, 0) is 63.8 Å². The standard InChI is InChI=1S/C25H31FN4O4/c1-15-16(2)23(32)28-27-21(15)12-17-5-6-20(26)19(11-17)24(33)29-8-9-30(22(31)14-29)18-7-10-34-25(3,4)13-18/h5-6,11,18H,7-10,12-14H2,1-4H3,(H,28,32). The molecular formula is C25H31FN4O4. The second-order valence-corrected chi connectivity index (χ2v) is 9.81. The Morgan fingerprint density at radius 3 is 2.71 bits per heavy atom. The molecule has 0 saturated carbocycles. The third kappa shape index (κ3) is 4.89. The van der Waals surface area contributed by atoms with E-state index in [2.05, 4.69) is 10.2 Å². The number of nitrogens with one attached hydrogen (secondary N) is 1. The van der Waals surface area contributed by atoms with Crippen LogP contribution in [0.25, 0.3) is 0 Å². The van der Waals surface area contributed by atoms with Gasteiger partial charge >= 0.3 is 0 Å². The van der Waals surface area contributed by atoms with E-state index in [4.69, 9.17) is 4.74 Å². The van der Waals surface area contributed by atoms with Crippen molar-refractivity contribution in [3.63, 3.8) is 0 Å². The minimum atomic E-state index is -0.628. The molecule has 2 aromatic rings. The maximum absolute atomic E-state index is 14.6. The largest absolute Gasteiger partial charge is 0.375 e. The number of halogens is 1. The molecule has 3 heterocycles. The van der Waals surface area contributed by atoms with Crippen LogP contribution in [0.3, 0.4) is 0 Å². The summed E-state index contributed by atoms with van der Waals surface area (Å²) >= 11 is 0. The molecule has 2 saturated heterocycles. The van der Waals surface area contributed by atoms with Gasteiger partial charge in [-0.2, -0.15) is 5.10 Å². The van der Waals surface area contributed by atoms with Crippen LogP contribution >= 0.6 is 0 Å². The second kappa shape index (κ2) is 9.29. The SMILES string of the molecule is Cc1c(Cc2ccc(F)c(C(=O)N3CCN(C4CCOC(C)(C)C4)C(=O)C3)c2)n[nH]c(=O)c1C. The van der Waals surface area contributed by atoms with Crippen LogP contribution in [0.5, 0.6) is 0 Å². The monoisotopic (exact) mass is 470 g/mol. The topological polar surface area (TPSA) is 95.6 Å². The van der Waals surface area contributed by atoms with Crippen molar-refractivity contribution in [2.24, 2.45) is 0 Å². The van der Waals surface area contributed by atoms with Crippen molar-refractivity contribution in [1.29, 1.82) is 0 Å². The first-order valence-corrected chi connectivity index (χ1v) is 11.6. The van der Waals surface area contributed by atoms with E-state index in [0.717, 1.165) is 18.4 Å². The van der Waals surface area contributed by atoms with Gasteiger partial charge in [0.2, 0.25) is 5.91 Å². The number of H-pyrrole nitrogens is 1. The Balaban J connectivity index is 1.48. The van der Waals surface area contributed by atoms with E-state index in [1.165, 1.54) is 17.0 Å². The first kappa shape index (κ1) is 24.1. The molecule has 1 aromatic heterocycles. The zero-order chi connectivity index (χ0) is 24.6. The third-order valence-corrected chi connectivity index (χ3v) is 6.92. The summed E-state index contributed by atoms with van der Waals surface area (Å²) in [6.45, 7) is 8.88. The summed E-state index contributed by atoms with van der Waals surface area (Å²) in [5.41, 5.74) is 2.10. The van der Waals surface area contributed by atoms with Crippen LogP contribution < -0.4 is 5.56 Å². The molecule has 2 fully saturated rings. The Kier molecular flexibility index (Phi) is 6.58. The molecule has 4 rings (SSSR count). The summed E-state index contributed by atoms with van der Waals surface area (Å²) < 4.78 is 20.4. The van der Waals surface area contributed by atoms with Crippen LogP contribution in [0, 0.1) is 19.7 Å². The van der Waals surface area contributed by atoms with E-state index >= 15 is 0 Å². The van der Waals surface area contributed by atoms with E-state index in [1.54, 1.807) is 13.0 Å². The lowest BCUT2D eigenvalue weighted by Gasteiger charge is -2.44. The molecule has 1 N–H and O–H groups in total. The van der Waals surface area contributed by atoms with Crippen LogP contribution in [-0.4, -0.2) is 69.7 Å². The van der Waals surface area contributed by atoms with Gasteiger partial charge < -0.3 is 14.5 Å². The van der Waals surface area contributed by atoms with Crippen LogP contribution in [0.4, 0.5) is 4.39 Å². The molecule has 0 radical (unpaired) electrons. The number of carbonyl (C=O) groups excluding carboxylic acids is 2. The summed E-state index contributed by atoms with van der Waals surface area (Å²) in [5.74, 6) is -1.25. The summed E-state index contributed by atoms with van der Waals surface area (Å²) in [7, 11) is 0. The number of hydrogen-bond donors (Lipinski definition) is 1. The van der Waals surface area contributed by atoms with Gasteiger partial charge in [-0.25, -0.2) is 9.49 Å². The number of amides is 2. The van der Waals surface area contributed by atoms with Crippen LogP contribution in [0.15, 0.2) is 23.0 Å². The van der Waals surface area contributed by atoms with Gasteiger partial charge in [0, 0.05) is 37.7 Å². The molecule has 9 heteroatoms. The first-order valence-electron chi connectivity index (χ1n) is 11.6. The van der Waals surface area contributed by atoms with E-state index < -0.39 is 11.7 Å². The van der Waals surface area contributed by atoms with Crippen molar-refractivity contribution >= 4 is 11.8 Å². The van der Waals surface area contributed by atoms with Crippen LogP contribution in [0.2, 0.25) is 0 Å². The molecule has 2 aliphatic heterocycles. The number of piperazine rings is 1. The molecule has 0 aliphatic carbocycles. The van der Waals surface area contributed by atoms with E-state index in [1.807, 2.05) is 25.7 Å². The predicted molar refractivity (Wildman–Crippen MR) is 124 cm³/mol. The van der Waals surface area contributed by atoms with Crippen molar-refractivity contribution in [2.75, 3.05) is 26.2 Å². The number of ether oxygens (including phenoxy) is 1. The molecular weight excluding hydrogens is 439 g/mol. The fourth-order valence-corrected chi connectivity index (χ4v) is 4.77. The molecule has 34 heavy (non-hydrogen) atoms. The molecule has 8 nitrogen and oxygen atoms in total. The van der Waals surface area contributed by atoms with Crippen molar-refractivity contribution in [3.05, 3.63) is 62.3 Å². The highest BCUT2D eigenvalue weighted by Crippen LogP contribution is 2.28. The molecule has 2 aliphatic rings. The number of benzene rings is 1. The highest BCUT2D eigenvalue weighted by atomic mass is 19.1. The summed E-state index contributed by atoms with van der Waals surface area (Å²) in [5, 5.41) is 6.57. The highest BCUT2D eigenvalue weighted by Gasteiger charge is 2.37. The summed E-state index contributed by atoms with van der Waals surface area (Å²) in [4.78, 5) is 41.0. The number of aromatic nitrogens is 2. The summed E-state index contributed by atoms with van der Waals surface area (Å²) in [6.07, 6.45) is 1.87. The normalized spacial score (nSPS) is 20.5. The maximum Gasteiger partial charge on any atom is 0.267 e. The van der Waals surface area contributed by atoms with Gasteiger partial charge in [-0.15, -0.1) is 0 Å². The zero-order valence-electron chi connectivity index (χ0n) is 20.1. The minimum Gasteiger partial charge on any atom is -0.375 e. The maximum atomic E-state index is 14.6. The lowest BCUT2D eigenvalue weighted by Crippen LogP contribution is -2.57. The van der Waals surface area contributed by atoms with E-state index in [-0.39, 0.29) is 35.2 Å². The molecule has 1 unspecified atom stereocenters. The third-order valence-electron chi connectivity index (χ3n) is 6.92. The quantitative estimate of drug-likeness (QED) is 0.740. The lowest BCUT2D eigenvalue weighted by atomic mass is 9.92. The Morgan fingerprint density at radius 2 is 2.00 bits per heavy atom. The minimum absolute atomic E-state index is 0.0650. The highest BCUT2D eigenvalue weighted by molar-refractivity contribution is 5.97. The van der Waals surface area contributed by atoms with Gasteiger partial charge in [0.15, 0.2) is 0 Å². The smallest absolute Gasteiger partial charge is 0.267 e. The fraction of sp³-hybridized carbons (Fsp3) is 0.520. The second-order valence-electron chi connectivity index (χ2n) is 9.81. The predicted octanol–water partition coefficient (Wildman–Crippen LogP) is 2.36. The van der Waals surface area contributed by atoms with Gasteiger partial charge in [-0.1, -0.05) is 6.07 Å². The van der Waals surface area contributed by atoms with Crippen molar-refractivity contribution in [1.82, 2.24) is 20.0 Å². The Labute approximate surface area is 198 Å². The summed E-state index contributed by atoms with van der Waals surface area (Å²) in [6, 6.07) is 4.46. The average molecular weight is 471 g/mol. The zero-order valence-corrected chi connectivity index (χ0v) is 20.1. The van der Waals surface area contributed by atoms with Crippen LogP contribution in [-0.2, 0) is 16.0 Å². The van der Waals surface area contributed by atoms with Crippen molar-refractivity contribution < 1.29 is 18.7 Å². The lowest BCUT2D eigenvalue weighted by molar-refractivity contribution is -0.144. The van der Waals surface area contributed by atoms with Crippen LogP contribution in [0.1, 0.15) is 59.4 Å². The van der Waals surface area contributed by atoms with Gasteiger partial charge in [0.05, 0.1) is 16.9 Å². The molecule has 0 spiro atoms. The van der Waals surface area contributed by atoms with Gasteiger partial charge in [-0.3, -0.25) is 14.4 Å². The first-order chi connectivity index (χ1) is 16.1. The Bertz CT molecular complexity index is 1180. The number of nitrogens with zero attached hydrogens (tertiary/aromatic N) is 3. The molecule has 182 valence electrons. The van der Waals surface area contributed by atoms with Gasteiger partial charge in [0.25, 0.3) is 11.5 Å².